The lowest BCUT2D eigenvalue weighted by Crippen LogP contribution is -2.15. The third kappa shape index (κ3) is 2.37. The Bertz CT molecular complexity index is 877. The first-order valence-corrected chi connectivity index (χ1v) is 7.29. The summed E-state index contributed by atoms with van der Waals surface area (Å²) >= 11 is 0. The van der Waals surface area contributed by atoms with Crippen molar-refractivity contribution in [2.75, 3.05) is 0 Å². The maximum absolute atomic E-state index is 11.2. The standard InChI is InChI=1S/C18H19N3O/c1-10-6-14(8-17(19)22)11(2)12(3)18(10)13-4-5-16-15(7-13)9-20-21-16/h4-7,9H,8H2,1-3H3,(H2,19,22)(H,20,21). The maximum Gasteiger partial charge on any atom is 0.221 e. The average Bonchev–Trinajstić information content (AvgIpc) is 2.91. The van der Waals surface area contributed by atoms with Gasteiger partial charge in [0.1, 0.15) is 0 Å². The smallest absolute Gasteiger partial charge is 0.221 e. The minimum Gasteiger partial charge on any atom is -0.369 e. The first kappa shape index (κ1) is 14.3. The number of nitrogens with two attached hydrogens (primary N) is 1. The maximum atomic E-state index is 11.2. The second kappa shape index (κ2) is 5.30. The lowest BCUT2D eigenvalue weighted by molar-refractivity contribution is -0.117. The molecule has 0 atom stereocenters. The highest BCUT2D eigenvalue weighted by molar-refractivity contribution is 5.86. The van der Waals surface area contributed by atoms with Crippen LogP contribution < -0.4 is 5.73 Å². The molecule has 0 saturated heterocycles. The van der Waals surface area contributed by atoms with Gasteiger partial charge in [0.15, 0.2) is 0 Å². The van der Waals surface area contributed by atoms with E-state index in [-0.39, 0.29) is 12.3 Å². The van der Waals surface area contributed by atoms with Crippen LogP contribution in [0.5, 0.6) is 0 Å². The molecule has 112 valence electrons. The Morgan fingerprint density at radius 1 is 1.18 bits per heavy atom. The van der Waals surface area contributed by atoms with Gasteiger partial charge in [-0.25, -0.2) is 0 Å². The van der Waals surface area contributed by atoms with Gasteiger partial charge >= 0.3 is 0 Å². The van der Waals surface area contributed by atoms with Crippen LogP contribution in [0, 0.1) is 20.8 Å². The summed E-state index contributed by atoms with van der Waals surface area (Å²) in [4.78, 5) is 11.2. The Labute approximate surface area is 129 Å². The number of carbonyl (C=O) groups is 1. The van der Waals surface area contributed by atoms with Gasteiger partial charge in [-0.1, -0.05) is 12.1 Å². The highest BCUT2D eigenvalue weighted by atomic mass is 16.1. The molecule has 0 aliphatic rings. The van der Waals surface area contributed by atoms with Crippen molar-refractivity contribution >= 4 is 16.8 Å². The van der Waals surface area contributed by atoms with E-state index in [1.165, 1.54) is 11.1 Å². The zero-order valence-electron chi connectivity index (χ0n) is 13.0. The van der Waals surface area contributed by atoms with E-state index in [0.717, 1.165) is 33.2 Å². The zero-order chi connectivity index (χ0) is 15.9. The van der Waals surface area contributed by atoms with Crippen molar-refractivity contribution in [3.05, 3.63) is 52.7 Å². The van der Waals surface area contributed by atoms with Gasteiger partial charge in [0.25, 0.3) is 0 Å². The van der Waals surface area contributed by atoms with E-state index in [1.807, 2.05) is 19.2 Å². The third-order valence-electron chi connectivity index (χ3n) is 4.30. The van der Waals surface area contributed by atoms with E-state index in [9.17, 15) is 4.79 Å². The number of amides is 1. The predicted octanol–water partition coefficient (Wildman–Crippen LogP) is 3.18. The first-order chi connectivity index (χ1) is 10.5. The van der Waals surface area contributed by atoms with Crippen LogP contribution in [-0.2, 0) is 11.2 Å². The van der Waals surface area contributed by atoms with Gasteiger partial charge in [-0.05, 0) is 66.3 Å². The molecule has 0 bridgehead atoms. The number of primary amides is 1. The molecule has 3 aromatic rings. The summed E-state index contributed by atoms with van der Waals surface area (Å²) in [6.07, 6.45) is 2.12. The van der Waals surface area contributed by atoms with E-state index in [4.69, 9.17) is 5.73 Å². The molecule has 1 amide bonds. The number of aromatic nitrogens is 2. The van der Waals surface area contributed by atoms with Crippen molar-refractivity contribution in [1.82, 2.24) is 10.2 Å². The molecule has 0 fully saturated rings. The lowest BCUT2D eigenvalue weighted by Gasteiger charge is -2.16. The van der Waals surface area contributed by atoms with Crippen LogP contribution >= 0.6 is 0 Å². The summed E-state index contributed by atoms with van der Waals surface area (Å²) < 4.78 is 0. The van der Waals surface area contributed by atoms with E-state index < -0.39 is 0 Å². The van der Waals surface area contributed by atoms with Crippen LogP contribution in [0.15, 0.2) is 30.5 Å². The number of rotatable bonds is 3. The number of aromatic amines is 1. The van der Waals surface area contributed by atoms with Crippen LogP contribution in [0.4, 0.5) is 0 Å². The van der Waals surface area contributed by atoms with E-state index >= 15 is 0 Å². The van der Waals surface area contributed by atoms with Crippen molar-refractivity contribution in [3.63, 3.8) is 0 Å². The van der Waals surface area contributed by atoms with Crippen molar-refractivity contribution in [2.24, 2.45) is 5.73 Å². The summed E-state index contributed by atoms with van der Waals surface area (Å²) in [6.45, 7) is 6.22. The lowest BCUT2D eigenvalue weighted by atomic mass is 9.88. The van der Waals surface area contributed by atoms with Crippen molar-refractivity contribution < 1.29 is 4.79 Å². The summed E-state index contributed by atoms with van der Waals surface area (Å²) in [5.74, 6) is -0.297. The van der Waals surface area contributed by atoms with E-state index in [2.05, 4.69) is 42.2 Å². The fourth-order valence-electron chi connectivity index (χ4n) is 3.08. The molecule has 3 rings (SSSR count). The molecule has 1 heterocycles. The van der Waals surface area contributed by atoms with Crippen molar-refractivity contribution in [3.8, 4) is 11.1 Å². The fourth-order valence-corrected chi connectivity index (χ4v) is 3.08. The molecule has 2 aromatic carbocycles. The van der Waals surface area contributed by atoms with Gasteiger partial charge in [-0.3, -0.25) is 9.89 Å². The number of hydrogen-bond acceptors (Lipinski definition) is 2. The minimum atomic E-state index is -0.297. The normalized spacial score (nSPS) is 11.0. The monoisotopic (exact) mass is 293 g/mol. The van der Waals surface area contributed by atoms with Gasteiger partial charge in [0.05, 0.1) is 18.1 Å². The topological polar surface area (TPSA) is 71.8 Å². The highest BCUT2D eigenvalue weighted by Crippen LogP contribution is 2.33. The largest absolute Gasteiger partial charge is 0.369 e. The Morgan fingerprint density at radius 3 is 2.68 bits per heavy atom. The number of carbonyl (C=O) groups excluding carboxylic acids is 1. The summed E-state index contributed by atoms with van der Waals surface area (Å²) in [7, 11) is 0. The average molecular weight is 293 g/mol. The first-order valence-electron chi connectivity index (χ1n) is 7.29. The SMILES string of the molecule is Cc1cc(CC(N)=O)c(C)c(C)c1-c1ccc2[nH]ncc2c1. The summed E-state index contributed by atoms with van der Waals surface area (Å²) in [6, 6.07) is 8.36. The second-order valence-electron chi connectivity index (χ2n) is 5.79. The molecule has 0 aliphatic heterocycles. The Hall–Kier alpha value is -2.62. The molecule has 3 N–H and O–H groups in total. The van der Waals surface area contributed by atoms with Crippen molar-refractivity contribution in [1.29, 1.82) is 0 Å². The van der Waals surface area contributed by atoms with Gasteiger partial charge in [-0.15, -0.1) is 0 Å². The highest BCUT2D eigenvalue weighted by Gasteiger charge is 2.13. The zero-order valence-corrected chi connectivity index (χ0v) is 13.0. The molecule has 4 heteroatoms. The summed E-state index contributed by atoms with van der Waals surface area (Å²) in [5.41, 5.74) is 13.2. The molecule has 0 radical (unpaired) electrons. The number of fused-ring (bicyclic) bond motifs is 1. The number of benzene rings is 2. The number of nitrogens with one attached hydrogen (secondary N) is 1. The van der Waals surface area contributed by atoms with E-state index in [0.29, 0.717) is 0 Å². The second-order valence-corrected chi connectivity index (χ2v) is 5.79. The quantitative estimate of drug-likeness (QED) is 0.778. The number of H-pyrrole nitrogens is 1. The molecule has 0 spiro atoms. The Balaban J connectivity index is 2.17. The fraction of sp³-hybridized carbons (Fsp3) is 0.222. The van der Waals surface area contributed by atoms with Crippen LogP contribution in [0.25, 0.3) is 22.0 Å². The Kier molecular flexibility index (Phi) is 3.45. The molecule has 22 heavy (non-hydrogen) atoms. The molecule has 1 aromatic heterocycles. The molecule has 0 saturated carbocycles. The Morgan fingerprint density at radius 2 is 1.95 bits per heavy atom. The van der Waals surface area contributed by atoms with Gasteiger partial charge < -0.3 is 5.73 Å². The minimum absolute atomic E-state index is 0.286. The van der Waals surface area contributed by atoms with Crippen LogP contribution in [0.2, 0.25) is 0 Å². The van der Waals surface area contributed by atoms with Crippen molar-refractivity contribution in [2.45, 2.75) is 27.2 Å². The number of aryl methyl sites for hydroxylation is 1. The summed E-state index contributed by atoms with van der Waals surface area (Å²) in [5, 5.41) is 8.13. The predicted molar refractivity (Wildman–Crippen MR) is 88.6 cm³/mol. The molecular formula is C18H19N3O. The number of hydrogen-bond donors (Lipinski definition) is 2. The van der Waals surface area contributed by atoms with Gasteiger partial charge in [0, 0.05) is 5.39 Å². The third-order valence-corrected chi connectivity index (χ3v) is 4.30. The molecule has 4 nitrogen and oxygen atoms in total. The van der Waals surface area contributed by atoms with Crippen LogP contribution in [0.3, 0.4) is 0 Å². The van der Waals surface area contributed by atoms with Crippen LogP contribution in [0.1, 0.15) is 22.3 Å². The molecule has 0 unspecified atom stereocenters. The van der Waals surface area contributed by atoms with Gasteiger partial charge in [0.2, 0.25) is 5.91 Å². The van der Waals surface area contributed by atoms with E-state index in [1.54, 1.807) is 0 Å². The molecular weight excluding hydrogens is 274 g/mol. The molecule has 0 aliphatic carbocycles. The number of nitrogens with zero attached hydrogens (tertiary/aromatic N) is 1. The van der Waals surface area contributed by atoms with Gasteiger partial charge in [-0.2, -0.15) is 5.10 Å². The van der Waals surface area contributed by atoms with Crippen LogP contribution in [-0.4, -0.2) is 16.1 Å².